The van der Waals surface area contributed by atoms with Crippen LogP contribution in [0.15, 0.2) is 46.4 Å². The monoisotopic (exact) mass is 550 g/mol. The number of nitrogens with one attached hydrogen (secondary N) is 2. The molecule has 0 saturated heterocycles. The first-order valence-electron chi connectivity index (χ1n) is 13.2. The predicted octanol–water partition coefficient (Wildman–Crippen LogP) is 4.11. The first-order chi connectivity index (χ1) is 19.0. The van der Waals surface area contributed by atoms with Crippen LogP contribution < -0.4 is 16.1 Å². The second-order valence-corrected chi connectivity index (χ2v) is 11.4. The molecule has 4 aromatic rings. The number of carbonyl (C=O) groups is 1. The lowest BCUT2D eigenvalue weighted by Crippen LogP contribution is -2.39. The molecule has 206 valence electrons. The molecule has 1 spiro atoms. The average Bonchev–Trinajstić information content (AvgIpc) is 3.79. The van der Waals surface area contributed by atoms with Gasteiger partial charge in [0.1, 0.15) is 6.54 Å². The summed E-state index contributed by atoms with van der Waals surface area (Å²) in [5.74, 6) is -0.448. The molecule has 1 amide bonds. The highest BCUT2D eigenvalue weighted by molar-refractivity contribution is 6.11. The van der Waals surface area contributed by atoms with Crippen LogP contribution in [0, 0.1) is 0 Å². The lowest BCUT2D eigenvalue weighted by molar-refractivity contribution is -0.132. The van der Waals surface area contributed by atoms with Gasteiger partial charge in [-0.2, -0.15) is 18.3 Å². The number of anilines is 1. The molecule has 4 heterocycles. The molecule has 0 radical (unpaired) electrons. The number of imidazole rings is 1. The zero-order valence-corrected chi connectivity index (χ0v) is 21.7. The molecule has 3 aromatic heterocycles. The first-order valence-corrected chi connectivity index (χ1v) is 13.2. The van der Waals surface area contributed by atoms with E-state index in [4.69, 9.17) is 0 Å². The molecule has 0 unspecified atom stereocenters. The van der Waals surface area contributed by atoms with Crippen molar-refractivity contribution in [1.82, 2.24) is 24.6 Å². The predicted molar refractivity (Wildman–Crippen MR) is 140 cm³/mol. The van der Waals surface area contributed by atoms with Crippen LogP contribution in [0.3, 0.4) is 0 Å². The van der Waals surface area contributed by atoms with Crippen LogP contribution in [0.25, 0.3) is 16.9 Å². The Kier molecular flexibility index (Phi) is 5.05. The van der Waals surface area contributed by atoms with Crippen LogP contribution in [-0.2, 0) is 10.2 Å². The van der Waals surface area contributed by atoms with Crippen LogP contribution in [0.2, 0.25) is 0 Å². The Balaban J connectivity index is 1.32. The standard InChI is InChI=1S/C28H25F3N6O3/c1-13(2)15-7-14(8-21-22(15)27(3-4-27)25(39)36(21)12-28(29,30)31)16-9-17(16)18-10-20(35-37-6-5-32-23(18)37)19-11-33-26(40)34-24(19)38/h5-8,10-11,13,16-17H,3-4,9,12H2,1-2H3,(H2,33,34,38,40)/t16-,17+/m1/s1. The van der Waals surface area contributed by atoms with Crippen molar-refractivity contribution in [3.63, 3.8) is 0 Å². The van der Waals surface area contributed by atoms with E-state index in [1.165, 1.54) is 6.20 Å². The Morgan fingerprint density at radius 1 is 1.12 bits per heavy atom. The third-order valence-electron chi connectivity index (χ3n) is 8.40. The molecular weight excluding hydrogens is 525 g/mol. The topological polar surface area (TPSA) is 116 Å². The Hall–Kier alpha value is -4.22. The minimum atomic E-state index is -4.51. The third-order valence-corrected chi connectivity index (χ3v) is 8.40. The SMILES string of the molecule is CC(C)c1cc([C@H]2C[C@@H]2c2cc(-c3c[nH]c(=O)[nH]c3=O)nn3ccnc23)cc2c1C1(CC1)C(=O)N2CC(F)(F)F. The van der Waals surface area contributed by atoms with E-state index < -0.39 is 35.3 Å². The molecule has 2 fully saturated rings. The van der Waals surface area contributed by atoms with E-state index >= 15 is 0 Å². The Labute approximate surface area is 225 Å². The van der Waals surface area contributed by atoms with Gasteiger partial charge in [-0.05, 0) is 65.8 Å². The summed E-state index contributed by atoms with van der Waals surface area (Å²) in [6.07, 6.45) is 1.94. The quantitative estimate of drug-likeness (QED) is 0.388. The molecule has 2 saturated carbocycles. The molecular formula is C28H25F3N6O3. The molecule has 9 nitrogen and oxygen atoms in total. The highest BCUT2D eigenvalue weighted by Gasteiger charge is 2.61. The number of rotatable bonds is 5. The van der Waals surface area contributed by atoms with Gasteiger partial charge in [0.25, 0.3) is 5.56 Å². The fraction of sp³-hybridized carbons (Fsp3) is 0.393. The summed E-state index contributed by atoms with van der Waals surface area (Å²) in [4.78, 5) is 47.3. The lowest BCUT2D eigenvalue weighted by Gasteiger charge is -2.21. The van der Waals surface area contributed by atoms with Gasteiger partial charge in [-0.1, -0.05) is 19.9 Å². The lowest BCUT2D eigenvalue weighted by atomic mass is 9.85. The maximum absolute atomic E-state index is 13.6. The number of nitrogens with zero attached hydrogens (tertiary/aromatic N) is 4. The van der Waals surface area contributed by atoms with Crippen molar-refractivity contribution in [2.75, 3.05) is 11.4 Å². The van der Waals surface area contributed by atoms with Gasteiger partial charge in [0.15, 0.2) is 5.65 Å². The molecule has 2 aliphatic carbocycles. The molecule has 0 bridgehead atoms. The van der Waals surface area contributed by atoms with Crippen molar-refractivity contribution in [3.05, 3.63) is 79.9 Å². The largest absolute Gasteiger partial charge is 0.406 e. The summed E-state index contributed by atoms with van der Waals surface area (Å²) >= 11 is 0. The van der Waals surface area contributed by atoms with E-state index in [2.05, 4.69) is 26.1 Å². The highest BCUT2D eigenvalue weighted by atomic mass is 19.4. The average molecular weight is 551 g/mol. The van der Waals surface area contributed by atoms with Gasteiger partial charge in [-0.25, -0.2) is 14.3 Å². The van der Waals surface area contributed by atoms with E-state index in [0.717, 1.165) is 33.6 Å². The molecule has 2 atom stereocenters. The molecule has 7 rings (SSSR count). The number of carbonyl (C=O) groups excluding carboxylic acids is 1. The van der Waals surface area contributed by atoms with Crippen LogP contribution in [-0.4, -0.2) is 43.2 Å². The second-order valence-electron chi connectivity index (χ2n) is 11.4. The number of fused-ring (bicyclic) bond motifs is 3. The van der Waals surface area contributed by atoms with Crippen molar-refractivity contribution < 1.29 is 18.0 Å². The summed E-state index contributed by atoms with van der Waals surface area (Å²) in [7, 11) is 0. The van der Waals surface area contributed by atoms with Gasteiger partial charge in [0, 0.05) is 29.8 Å². The normalized spacial score (nSPS) is 21.1. The van der Waals surface area contributed by atoms with Gasteiger partial charge < -0.3 is 9.88 Å². The summed E-state index contributed by atoms with van der Waals surface area (Å²) < 4.78 is 42.2. The highest BCUT2D eigenvalue weighted by Crippen LogP contribution is 2.62. The van der Waals surface area contributed by atoms with Crippen molar-refractivity contribution in [2.24, 2.45) is 0 Å². The van der Waals surface area contributed by atoms with E-state index in [9.17, 15) is 27.6 Å². The van der Waals surface area contributed by atoms with Crippen molar-refractivity contribution in [1.29, 1.82) is 0 Å². The molecule has 40 heavy (non-hydrogen) atoms. The van der Waals surface area contributed by atoms with Crippen LogP contribution >= 0.6 is 0 Å². The molecule has 12 heteroatoms. The zero-order chi connectivity index (χ0) is 28.1. The van der Waals surface area contributed by atoms with Crippen molar-refractivity contribution >= 4 is 17.2 Å². The smallest absolute Gasteiger partial charge is 0.313 e. The fourth-order valence-corrected chi connectivity index (χ4v) is 6.33. The minimum absolute atomic E-state index is 0.00833. The number of aromatic nitrogens is 5. The fourth-order valence-electron chi connectivity index (χ4n) is 6.33. The number of hydrogen-bond donors (Lipinski definition) is 2. The van der Waals surface area contributed by atoms with Crippen LogP contribution in [0.4, 0.5) is 18.9 Å². The molecule has 1 aromatic carbocycles. The summed E-state index contributed by atoms with van der Waals surface area (Å²) in [5, 5.41) is 4.49. The van der Waals surface area contributed by atoms with Gasteiger partial charge in [-0.3, -0.25) is 14.6 Å². The first kappa shape index (κ1) is 24.8. The second kappa shape index (κ2) is 8.15. The number of amides is 1. The number of aromatic amines is 2. The van der Waals surface area contributed by atoms with Gasteiger partial charge in [-0.15, -0.1) is 0 Å². The van der Waals surface area contributed by atoms with E-state index in [1.54, 1.807) is 29.0 Å². The Morgan fingerprint density at radius 2 is 1.90 bits per heavy atom. The number of hydrogen-bond acceptors (Lipinski definition) is 5. The summed E-state index contributed by atoms with van der Waals surface area (Å²) in [5.41, 5.74) is 2.96. The van der Waals surface area contributed by atoms with Crippen molar-refractivity contribution in [3.8, 4) is 11.3 Å². The number of alkyl halides is 3. The van der Waals surface area contributed by atoms with Crippen LogP contribution in [0.5, 0.6) is 0 Å². The number of halogens is 3. The number of H-pyrrole nitrogens is 2. The summed E-state index contributed by atoms with van der Waals surface area (Å²) in [6.45, 7) is 2.70. The Morgan fingerprint density at radius 3 is 2.58 bits per heavy atom. The molecule has 2 N–H and O–H groups in total. The van der Waals surface area contributed by atoms with E-state index in [1.807, 2.05) is 13.8 Å². The maximum atomic E-state index is 13.6. The molecule has 3 aliphatic rings. The van der Waals surface area contributed by atoms with Gasteiger partial charge >= 0.3 is 11.9 Å². The molecule has 1 aliphatic heterocycles. The van der Waals surface area contributed by atoms with E-state index in [-0.39, 0.29) is 23.3 Å². The van der Waals surface area contributed by atoms with Gasteiger partial charge in [0.05, 0.1) is 16.7 Å². The van der Waals surface area contributed by atoms with Crippen molar-refractivity contribution in [2.45, 2.75) is 62.5 Å². The third kappa shape index (κ3) is 3.72. The zero-order valence-electron chi connectivity index (χ0n) is 21.7. The summed E-state index contributed by atoms with van der Waals surface area (Å²) in [6, 6.07) is 5.63. The van der Waals surface area contributed by atoms with E-state index in [0.29, 0.717) is 29.9 Å². The Bertz CT molecular complexity index is 1830. The maximum Gasteiger partial charge on any atom is 0.406 e. The van der Waals surface area contributed by atoms with Crippen LogP contribution in [0.1, 0.15) is 73.1 Å². The number of benzene rings is 1. The minimum Gasteiger partial charge on any atom is -0.313 e. The van der Waals surface area contributed by atoms with Gasteiger partial charge in [0.2, 0.25) is 5.91 Å².